The minimum atomic E-state index is -0.184. The van der Waals surface area contributed by atoms with Crippen molar-refractivity contribution in [1.29, 1.82) is 0 Å². The van der Waals surface area contributed by atoms with Crippen molar-refractivity contribution < 1.29 is 9.53 Å². The molecule has 0 unspecified atom stereocenters. The zero-order valence-electron chi connectivity index (χ0n) is 9.48. The smallest absolute Gasteiger partial charge is 0.309 e. The summed E-state index contributed by atoms with van der Waals surface area (Å²) in [6, 6.07) is 5.51. The van der Waals surface area contributed by atoms with Gasteiger partial charge in [-0.1, -0.05) is 17.7 Å². The van der Waals surface area contributed by atoms with E-state index in [-0.39, 0.29) is 30.3 Å². The van der Waals surface area contributed by atoms with E-state index in [1.807, 2.05) is 18.2 Å². The monoisotopic (exact) mass is 275 g/mol. The SMILES string of the molecule is COC(=O)[C@H]1Cc2ccc(Cl)cc2[C@H](N)C1.Cl. The molecule has 2 atom stereocenters. The van der Waals surface area contributed by atoms with Gasteiger partial charge in [0.15, 0.2) is 0 Å². The summed E-state index contributed by atoms with van der Waals surface area (Å²) in [5.41, 5.74) is 8.18. The van der Waals surface area contributed by atoms with Crippen LogP contribution in [0, 0.1) is 5.92 Å². The van der Waals surface area contributed by atoms with Gasteiger partial charge in [-0.15, -0.1) is 12.4 Å². The van der Waals surface area contributed by atoms with E-state index in [0.717, 1.165) is 11.1 Å². The molecule has 0 amide bonds. The van der Waals surface area contributed by atoms with Crippen molar-refractivity contribution in [3.63, 3.8) is 0 Å². The molecule has 0 heterocycles. The maximum atomic E-state index is 11.5. The average molecular weight is 276 g/mol. The molecule has 0 saturated carbocycles. The third-order valence-electron chi connectivity index (χ3n) is 3.05. The van der Waals surface area contributed by atoms with Gasteiger partial charge in [0.25, 0.3) is 0 Å². The van der Waals surface area contributed by atoms with E-state index in [9.17, 15) is 4.79 Å². The van der Waals surface area contributed by atoms with Gasteiger partial charge in [0, 0.05) is 11.1 Å². The number of halogens is 2. The first-order chi connectivity index (χ1) is 7.61. The molecule has 0 aromatic heterocycles. The minimum absolute atomic E-state index is 0. The van der Waals surface area contributed by atoms with E-state index in [2.05, 4.69) is 0 Å². The molecule has 1 aromatic rings. The van der Waals surface area contributed by atoms with Gasteiger partial charge >= 0.3 is 5.97 Å². The predicted molar refractivity (Wildman–Crippen MR) is 69.5 cm³/mol. The first-order valence-corrected chi connectivity index (χ1v) is 5.61. The highest BCUT2D eigenvalue weighted by molar-refractivity contribution is 6.30. The van der Waals surface area contributed by atoms with Crippen LogP contribution in [0.1, 0.15) is 23.6 Å². The molecule has 0 spiro atoms. The molecular weight excluding hydrogens is 261 g/mol. The number of methoxy groups -OCH3 is 1. The zero-order valence-corrected chi connectivity index (χ0v) is 11.1. The Morgan fingerprint density at radius 1 is 1.53 bits per heavy atom. The summed E-state index contributed by atoms with van der Waals surface area (Å²) in [5.74, 6) is -0.315. The topological polar surface area (TPSA) is 52.3 Å². The number of nitrogens with two attached hydrogens (primary N) is 1. The number of fused-ring (bicyclic) bond motifs is 1. The van der Waals surface area contributed by atoms with Crippen molar-refractivity contribution in [2.45, 2.75) is 18.9 Å². The van der Waals surface area contributed by atoms with Gasteiger partial charge in [-0.2, -0.15) is 0 Å². The van der Waals surface area contributed by atoms with Crippen LogP contribution in [0.3, 0.4) is 0 Å². The molecule has 1 aliphatic carbocycles. The van der Waals surface area contributed by atoms with E-state index in [1.54, 1.807) is 0 Å². The molecule has 2 rings (SSSR count). The fourth-order valence-electron chi connectivity index (χ4n) is 2.23. The van der Waals surface area contributed by atoms with Crippen LogP contribution in [-0.2, 0) is 16.0 Å². The Balaban J connectivity index is 0.00000144. The van der Waals surface area contributed by atoms with E-state index in [4.69, 9.17) is 22.1 Å². The van der Waals surface area contributed by atoms with Crippen molar-refractivity contribution in [1.82, 2.24) is 0 Å². The number of benzene rings is 1. The van der Waals surface area contributed by atoms with E-state index < -0.39 is 0 Å². The van der Waals surface area contributed by atoms with Gasteiger partial charge in [0.1, 0.15) is 0 Å². The second-order valence-electron chi connectivity index (χ2n) is 4.11. The van der Waals surface area contributed by atoms with Crippen LogP contribution in [0.5, 0.6) is 0 Å². The first kappa shape index (κ1) is 14.3. The standard InChI is InChI=1S/C12H14ClNO2.ClH/c1-16-12(15)8-4-7-2-3-9(13)6-10(7)11(14)5-8;/h2-3,6,8,11H,4-5,14H2,1H3;1H/t8-,11+;/m0./s1. The first-order valence-electron chi connectivity index (χ1n) is 5.23. The molecule has 1 aliphatic rings. The number of carbonyl (C=O) groups is 1. The molecular formula is C12H15Cl2NO2. The Bertz CT molecular complexity index is 423. The minimum Gasteiger partial charge on any atom is -0.469 e. The second kappa shape index (κ2) is 5.71. The summed E-state index contributed by atoms with van der Waals surface area (Å²) >= 11 is 5.92. The van der Waals surface area contributed by atoms with Crippen LogP contribution in [-0.4, -0.2) is 13.1 Å². The lowest BCUT2D eigenvalue weighted by molar-refractivity contribution is -0.146. The Morgan fingerprint density at radius 3 is 2.88 bits per heavy atom. The highest BCUT2D eigenvalue weighted by Gasteiger charge is 2.29. The summed E-state index contributed by atoms with van der Waals surface area (Å²) in [7, 11) is 1.41. The Hall–Kier alpha value is -0.770. The molecule has 3 nitrogen and oxygen atoms in total. The van der Waals surface area contributed by atoms with Gasteiger partial charge in [0.05, 0.1) is 13.0 Å². The summed E-state index contributed by atoms with van der Waals surface area (Å²) in [5, 5.41) is 0.686. The number of hydrogen-bond acceptors (Lipinski definition) is 3. The van der Waals surface area contributed by atoms with E-state index >= 15 is 0 Å². The Morgan fingerprint density at radius 2 is 2.24 bits per heavy atom. The van der Waals surface area contributed by atoms with Crippen molar-refractivity contribution >= 4 is 30.0 Å². The predicted octanol–water partition coefficient (Wildman–Crippen LogP) is 2.50. The van der Waals surface area contributed by atoms with Crippen LogP contribution in [0.15, 0.2) is 18.2 Å². The van der Waals surface area contributed by atoms with E-state index in [1.165, 1.54) is 7.11 Å². The van der Waals surface area contributed by atoms with Gasteiger partial charge in [-0.05, 0) is 36.1 Å². The maximum absolute atomic E-state index is 11.5. The molecule has 0 saturated heterocycles. The largest absolute Gasteiger partial charge is 0.469 e. The molecule has 5 heteroatoms. The molecule has 0 radical (unpaired) electrons. The molecule has 2 N–H and O–H groups in total. The summed E-state index contributed by atoms with van der Waals surface area (Å²) in [4.78, 5) is 11.5. The lowest BCUT2D eigenvalue weighted by Crippen LogP contribution is -2.29. The van der Waals surface area contributed by atoms with Gasteiger partial charge in [-0.3, -0.25) is 4.79 Å². The average Bonchev–Trinajstić information content (AvgIpc) is 2.28. The highest BCUT2D eigenvalue weighted by atomic mass is 35.5. The number of esters is 1. The van der Waals surface area contributed by atoms with Crippen molar-refractivity contribution in [3.05, 3.63) is 34.3 Å². The van der Waals surface area contributed by atoms with Crippen LogP contribution >= 0.6 is 24.0 Å². The van der Waals surface area contributed by atoms with Gasteiger partial charge < -0.3 is 10.5 Å². The summed E-state index contributed by atoms with van der Waals surface area (Å²) in [6.45, 7) is 0. The number of hydrogen-bond donors (Lipinski definition) is 1. The summed E-state index contributed by atoms with van der Waals surface area (Å²) < 4.78 is 4.76. The third kappa shape index (κ3) is 2.92. The van der Waals surface area contributed by atoms with Crippen molar-refractivity contribution in [2.75, 3.05) is 7.11 Å². The number of ether oxygens (including phenoxy) is 1. The molecule has 0 bridgehead atoms. The quantitative estimate of drug-likeness (QED) is 0.802. The Labute approximate surface area is 112 Å². The lowest BCUT2D eigenvalue weighted by atomic mass is 9.81. The molecule has 0 fully saturated rings. The van der Waals surface area contributed by atoms with Crippen LogP contribution in [0.4, 0.5) is 0 Å². The lowest BCUT2D eigenvalue weighted by Gasteiger charge is -2.27. The molecule has 1 aromatic carbocycles. The highest BCUT2D eigenvalue weighted by Crippen LogP contribution is 2.33. The van der Waals surface area contributed by atoms with E-state index in [0.29, 0.717) is 17.9 Å². The maximum Gasteiger partial charge on any atom is 0.309 e. The van der Waals surface area contributed by atoms with Crippen molar-refractivity contribution in [3.8, 4) is 0 Å². The normalized spacial score (nSPS) is 22.3. The number of carbonyl (C=O) groups excluding carboxylic acids is 1. The van der Waals surface area contributed by atoms with Crippen LogP contribution in [0.2, 0.25) is 5.02 Å². The van der Waals surface area contributed by atoms with Crippen LogP contribution < -0.4 is 5.73 Å². The zero-order chi connectivity index (χ0) is 11.7. The Kier molecular flexibility index (Phi) is 4.80. The van der Waals surface area contributed by atoms with Crippen LogP contribution in [0.25, 0.3) is 0 Å². The molecule has 94 valence electrons. The van der Waals surface area contributed by atoms with Gasteiger partial charge in [0.2, 0.25) is 0 Å². The van der Waals surface area contributed by atoms with Crippen molar-refractivity contribution in [2.24, 2.45) is 11.7 Å². The molecule has 17 heavy (non-hydrogen) atoms. The third-order valence-corrected chi connectivity index (χ3v) is 3.28. The fourth-order valence-corrected chi connectivity index (χ4v) is 2.41. The summed E-state index contributed by atoms with van der Waals surface area (Å²) in [6.07, 6.45) is 1.31. The molecule has 0 aliphatic heterocycles. The second-order valence-corrected chi connectivity index (χ2v) is 4.55. The van der Waals surface area contributed by atoms with Gasteiger partial charge in [-0.25, -0.2) is 0 Å². The number of rotatable bonds is 1. The fraction of sp³-hybridized carbons (Fsp3) is 0.417.